The van der Waals surface area contributed by atoms with Crippen molar-refractivity contribution >= 4 is 16.3 Å². The van der Waals surface area contributed by atoms with Gasteiger partial charge in [0.25, 0.3) is 0 Å². The van der Waals surface area contributed by atoms with E-state index in [1.807, 2.05) is 7.05 Å². The first kappa shape index (κ1) is 14.0. The molecule has 0 aromatic carbocycles. The Morgan fingerprint density at radius 2 is 2.40 bits per heavy atom. The van der Waals surface area contributed by atoms with Gasteiger partial charge < -0.3 is 9.84 Å². The van der Waals surface area contributed by atoms with Crippen LogP contribution in [0.1, 0.15) is 30.1 Å². The zero-order valence-corrected chi connectivity index (χ0v) is 12.8. The predicted octanol–water partition coefficient (Wildman–Crippen LogP) is 1.71. The third kappa shape index (κ3) is 2.88. The highest BCUT2D eigenvalue weighted by Gasteiger charge is 2.30. The first-order valence-electron chi connectivity index (χ1n) is 6.99. The maximum atomic E-state index is 9.83. The van der Waals surface area contributed by atoms with Gasteiger partial charge in [-0.3, -0.25) is 9.30 Å². The van der Waals surface area contributed by atoms with Crippen molar-refractivity contribution in [3.05, 3.63) is 23.0 Å². The van der Waals surface area contributed by atoms with E-state index < -0.39 is 6.10 Å². The molecular weight excluding hydrogens is 274 g/mol. The molecule has 1 aliphatic rings. The number of aliphatic hydroxyl groups is 1. The van der Waals surface area contributed by atoms with E-state index in [2.05, 4.69) is 20.9 Å². The standard InChI is InChI=1S/C14H21N3O2S/c1-16(7-11(18)9-19-2)8-12-13(10-3-4-10)15-14-17(12)5-6-20-14/h5-6,10-11,18H,3-4,7-9H2,1-2H3. The van der Waals surface area contributed by atoms with Gasteiger partial charge >= 0.3 is 0 Å². The minimum absolute atomic E-state index is 0.375. The Balaban J connectivity index is 1.75. The number of aliphatic hydroxyl groups excluding tert-OH is 1. The van der Waals surface area contributed by atoms with Crippen LogP contribution in [0.15, 0.2) is 11.6 Å². The molecule has 2 aromatic rings. The number of methoxy groups -OCH3 is 1. The highest BCUT2D eigenvalue weighted by atomic mass is 32.1. The zero-order valence-electron chi connectivity index (χ0n) is 12.0. The summed E-state index contributed by atoms with van der Waals surface area (Å²) < 4.78 is 7.17. The molecule has 0 bridgehead atoms. The number of likely N-dealkylation sites (N-methyl/N-ethyl adjacent to an activating group) is 1. The van der Waals surface area contributed by atoms with Crippen LogP contribution < -0.4 is 0 Å². The van der Waals surface area contributed by atoms with Crippen molar-refractivity contribution in [1.29, 1.82) is 0 Å². The Kier molecular flexibility index (Phi) is 4.07. The third-order valence-corrected chi connectivity index (χ3v) is 4.41. The molecule has 1 atom stereocenters. The molecule has 1 N–H and O–H groups in total. The lowest BCUT2D eigenvalue weighted by Gasteiger charge is -2.20. The van der Waals surface area contributed by atoms with E-state index >= 15 is 0 Å². The van der Waals surface area contributed by atoms with E-state index in [4.69, 9.17) is 9.72 Å². The minimum Gasteiger partial charge on any atom is -0.389 e. The van der Waals surface area contributed by atoms with E-state index in [0.29, 0.717) is 19.1 Å². The molecule has 0 saturated heterocycles. The lowest BCUT2D eigenvalue weighted by Crippen LogP contribution is -2.32. The summed E-state index contributed by atoms with van der Waals surface area (Å²) >= 11 is 1.68. The molecule has 3 rings (SSSR count). The van der Waals surface area contributed by atoms with Crippen LogP contribution >= 0.6 is 11.3 Å². The van der Waals surface area contributed by atoms with Gasteiger partial charge in [-0.2, -0.15) is 0 Å². The maximum absolute atomic E-state index is 9.83. The van der Waals surface area contributed by atoms with E-state index in [1.165, 1.54) is 24.2 Å². The highest BCUT2D eigenvalue weighted by Crippen LogP contribution is 2.42. The van der Waals surface area contributed by atoms with Crippen LogP contribution in [-0.2, 0) is 11.3 Å². The van der Waals surface area contributed by atoms with Gasteiger partial charge in [0.05, 0.1) is 24.1 Å². The number of rotatable bonds is 7. The van der Waals surface area contributed by atoms with Crippen molar-refractivity contribution in [2.75, 3.05) is 27.3 Å². The van der Waals surface area contributed by atoms with Crippen molar-refractivity contribution in [2.24, 2.45) is 0 Å². The summed E-state index contributed by atoms with van der Waals surface area (Å²) in [5.74, 6) is 0.648. The van der Waals surface area contributed by atoms with Crippen molar-refractivity contribution in [3.63, 3.8) is 0 Å². The molecule has 5 nitrogen and oxygen atoms in total. The van der Waals surface area contributed by atoms with E-state index in [1.54, 1.807) is 18.4 Å². The van der Waals surface area contributed by atoms with Crippen LogP contribution in [0.5, 0.6) is 0 Å². The number of ether oxygens (including phenoxy) is 1. The molecule has 0 spiro atoms. The fourth-order valence-corrected chi connectivity index (χ4v) is 3.36. The fourth-order valence-electron chi connectivity index (χ4n) is 2.62. The summed E-state index contributed by atoms with van der Waals surface area (Å²) in [7, 11) is 3.64. The molecule has 20 heavy (non-hydrogen) atoms. The Bertz CT molecular complexity index is 576. The van der Waals surface area contributed by atoms with Gasteiger partial charge in [0.2, 0.25) is 0 Å². The maximum Gasteiger partial charge on any atom is 0.194 e. The molecule has 0 amide bonds. The van der Waals surface area contributed by atoms with Gasteiger partial charge in [-0.25, -0.2) is 4.98 Å². The van der Waals surface area contributed by atoms with Gasteiger partial charge in [0.1, 0.15) is 0 Å². The SMILES string of the molecule is COCC(O)CN(C)Cc1c(C2CC2)nc2sccn12. The molecule has 0 radical (unpaired) electrons. The number of aromatic nitrogens is 2. The fraction of sp³-hybridized carbons (Fsp3) is 0.643. The summed E-state index contributed by atoms with van der Waals surface area (Å²) in [5, 5.41) is 11.9. The number of nitrogens with zero attached hydrogens (tertiary/aromatic N) is 3. The largest absolute Gasteiger partial charge is 0.389 e. The van der Waals surface area contributed by atoms with Gasteiger partial charge in [-0.15, -0.1) is 11.3 Å². The molecule has 2 aromatic heterocycles. The van der Waals surface area contributed by atoms with E-state index in [0.717, 1.165) is 11.5 Å². The molecular formula is C14H21N3O2S. The van der Waals surface area contributed by atoms with Crippen LogP contribution in [0.2, 0.25) is 0 Å². The summed E-state index contributed by atoms with van der Waals surface area (Å²) in [6, 6.07) is 0. The number of fused-ring (bicyclic) bond motifs is 1. The van der Waals surface area contributed by atoms with Crippen LogP contribution in [0.25, 0.3) is 4.96 Å². The number of imidazole rings is 1. The number of hydrogen-bond donors (Lipinski definition) is 1. The Hall–Kier alpha value is -0.950. The lowest BCUT2D eigenvalue weighted by atomic mass is 10.2. The third-order valence-electron chi connectivity index (χ3n) is 3.66. The minimum atomic E-state index is -0.444. The van der Waals surface area contributed by atoms with Crippen LogP contribution in [0.4, 0.5) is 0 Å². The zero-order chi connectivity index (χ0) is 14.1. The topological polar surface area (TPSA) is 50.0 Å². The smallest absolute Gasteiger partial charge is 0.194 e. The molecule has 1 saturated carbocycles. The average Bonchev–Trinajstić information content (AvgIpc) is 3.03. The van der Waals surface area contributed by atoms with Crippen LogP contribution in [0.3, 0.4) is 0 Å². The van der Waals surface area contributed by atoms with Crippen molar-refractivity contribution in [2.45, 2.75) is 31.4 Å². The average molecular weight is 295 g/mol. The Morgan fingerprint density at radius 1 is 1.60 bits per heavy atom. The molecule has 1 fully saturated rings. The first-order chi connectivity index (χ1) is 9.69. The summed E-state index contributed by atoms with van der Waals surface area (Å²) in [4.78, 5) is 7.98. The van der Waals surface area contributed by atoms with Gasteiger partial charge in [-0.05, 0) is 19.9 Å². The highest BCUT2D eigenvalue weighted by molar-refractivity contribution is 7.15. The molecule has 110 valence electrons. The van der Waals surface area contributed by atoms with Crippen LogP contribution in [0, 0.1) is 0 Å². The van der Waals surface area contributed by atoms with E-state index in [-0.39, 0.29) is 0 Å². The monoisotopic (exact) mass is 295 g/mol. The van der Waals surface area contributed by atoms with E-state index in [9.17, 15) is 5.11 Å². The van der Waals surface area contributed by atoms with Gasteiger partial charge in [0.15, 0.2) is 4.96 Å². The normalized spacial score (nSPS) is 17.2. The predicted molar refractivity (Wildman–Crippen MR) is 79.3 cm³/mol. The quantitative estimate of drug-likeness (QED) is 0.845. The Labute approximate surface area is 122 Å². The number of hydrogen-bond acceptors (Lipinski definition) is 5. The van der Waals surface area contributed by atoms with Gasteiger partial charge in [0, 0.05) is 37.7 Å². The Morgan fingerprint density at radius 3 is 3.10 bits per heavy atom. The molecule has 1 unspecified atom stereocenters. The molecule has 6 heteroatoms. The van der Waals surface area contributed by atoms with Crippen LogP contribution in [-0.4, -0.2) is 52.8 Å². The van der Waals surface area contributed by atoms with Crippen molar-refractivity contribution < 1.29 is 9.84 Å². The first-order valence-corrected chi connectivity index (χ1v) is 7.87. The summed E-state index contributed by atoms with van der Waals surface area (Å²) in [6.45, 7) is 1.79. The molecule has 1 aliphatic carbocycles. The molecule has 0 aliphatic heterocycles. The van der Waals surface area contributed by atoms with Crippen molar-refractivity contribution in [3.8, 4) is 0 Å². The number of thiazole rings is 1. The van der Waals surface area contributed by atoms with Crippen molar-refractivity contribution in [1.82, 2.24) is 14.3 Å². The van der Waals surface area contributed by atoms with Gasteiger partial charge in [-0.1, -0.05) is 0 Å². The second-order valence-corrected chi connectivity index (χ2v) is 6.45. The summed E-state index contributed by atoms with van der Waals surface area (Å²) in [5.41, 5.74) is 2.53. The second kappa shape index (κ2) is 5.81. The molecule has 2 heterocycles. The lowest BCUT2D eigenvalue weighted by molar-refractivity contribution is 0.0416. The second-order valence-electron chi connectivity index (χ2n) is 5.58. The summed E-state index contributed by atoms with van der Waals surface area (Å²) in [6.07, 6.45) is 4.16.